The molecule has 0 spiro atoms. The van der Waals surface area contributed by atoms with Crippen LogP contribution in [-0.2, 0) is 26.2 Å². The molecule has 0 rings (SSSR count). The van der Waals surface area contributed by atoms with E-state index in [9.17, 15) is 18.9 Å². The van der Waals surface area contributed by atoms with E-state index in [1.54, 1.807) is 0 Å². The van der Waals surface area contributed by atoms with Crippen LogP contribution in [0.4, 0.5) is 0 Å². The van der Waals surface area contributed by atoms with Crippen molar-refractivity contribution in [3.63, 3.8) is 0 Å². The third kappa shape index (κ3) is 3.40. The molecule has 0 aliphatic carbocycles. The second kappa shape index (κ2) is 5.18. The van der Waals surface area contributed by atoms with E-state index in [-0.39, 0.29) is 17.1 Å². The van der Waals surface area contributed by atoms with Crippen molar-refractivity contribution in [3.8, 4) is 0 Å². The maximum atomic E-state index is 10.4. The van der Waals surface area contributed by atoms with Gasteiger partial charge in [0.15, 0.2) is 20.3 Å². The van der Waals surface area contributed by atoms with Gasteiger partial charge >= 0.3 is 17.1 Å². The van der Waals surface area contributed by atoms with Crippen LogP contribution in [0, 0.1) is 0 Å². The number of aliphatic hydroxyl groups is 1. The van der Waals surface area contributed by atoms with E-state index in [4.69, 9.17) is 20.6 Å². The summed E-state index contributed by atoms with van der Waals surface area (Å²) in [4.78, 5) is 37.6. The van der Waals surface area contributed by atoms with E-state index in [1.165, 1.54) is 0 Å². The minimum Gasteiger partial charge on any atom is -0.776 e. The van der Waals surface area contributed by atoms with Crippen LogP contribution in [0.25, 0.3) is 0 Å². The average molecular weight is 288 g/mol. The van der Waals surface area contributed by atoms with Crippen LogP contribution in [0.3, 0.4) is 0 Å². The van der Waals surface area contributed by atoms with Crippen molar-refractivity contribution in [2.75, 3.05) is 6.54 Å². The first-order valence-electron chi connectivity index (χ1n) is 3.06. The Hall–Kier alpha value is 0.739. The quantitative estimate of drug-likeness (QED) is 0.315. The Morgan fingerprint density at radius 2 is 1.50 bits per heavy atom. The molecule has 14 heavy (non-hydrogen) atoms. The van der Waals surface area contributed by atoms with Gasteiger partial charge in [-0.1, -0.05) is 0 Å². The van der Waals surface area contributed by atoms with Crippen LogP contribution >= 0.6 is 15.2 Å². The monoisotopic (exact) mass is 288 g/mol. The predicted molar refractivity (Wildman–Crippen MR) is 38.3 cm³/mol. The Labute approximate surface area is 90.3 Å². The Morgan fingerprint density at radius 1 is 1.21 bits per heavy atom. The number of rotatable bonds is 4. The zero-order chi connectivity index (χ0) is 10.9. The molecule has 0 saturated carbocycles. The number of nitrogens with two attached hydrogens (primary N) is 1. The van der Waals surface area contributed by atoms with E-state index in [0.29, 0.717) is 0 Å². The van der Waals surface area contributed by atoms with Gasteiger partial charge in [0.25, 0.3) is 0 Å². The third-order valence-corrected chi connectivity index (χ3v) is 5.16. The SMILES string of the molecule is NCCC(O)(P(=O)([O-])O)P(=O)([O-])O.[Mn+2]. The fourth-order valence-electron chi connectivity index (χ4n) is 0.636. The van der Waals surface area contributed by atoms with Crippen molar-refractivity contribution < 1.29 is 50.9 Å². The second-order valence-corrected chi connectivity index (χ2v) is 6.27. The Kier molecular flexibility index (Phi) is 6.35. The summed E-state index contributed by atoms with van der Waals surface area (Å²) in [6.45, 7) is -0.532. The van der Waals surface area contributed by atoms with Crippen molar-refractivity contribution >= 4 is 15.2 Å². The first kappa shape index (κ1) is 17.1. The summed E-state index contributed by atoms with van der Waals surface area (Å²) in [7, 11) is -11.3. The van der Waals surface area contributed by atoms with Gasteiger partial charge in [-0.05, 0) is 6.54 Å². The summed E-state index contributed by atoms with van der Waals surface area (Å²) in [5.41, 5.74) is 4.81. The van der Waals surface area contributed by atoms with E-state index in [2.05, 4.69) is 0 Å². The topological polar surface area (TPSA) is 167 Å². The standard InChI is InChI=1S/C3H11NO7P2.Mn/c4-2-1-3(5,12(6,7)8)13(9,10)11;/h5H,1-2,4H2,(H2,6,7,8)(H2,9,10,11);/q;+2/p-2. The first-order valence-corrected chi connectivity index (χ1v) is 6.22. The van der Waals surface area contributed by atoms with Gasteiger partial charge in [-0.25, -0.2) is 0 Å². The van der Waals surface area contributed by atoms with E-state index in [1.807, 2.05) is 0 Å². The Balaban J connectivity index is 0. The molecule has 8 nitrogen and oxygen atoms in total. The minimum atomic E-state index is -5.63. The molecule has 0 fully saturated rings. The molecule has 5 N–H and O–H groups in total. The van der Waals surface area contributed by atoms with E-state index >= 15 is 0 Å². The third-order valence-electron chi connectivity index (χ3n) is 1.38. The van der Waals surface area contributed by atoms with Crippen LogP contribution in [0.5, 0.6) is 0 Å². The summed E-state index contributed by atoms with van der Waals surface area (Å²) in [5.74, 6) is 0. The molecule has 0 saturated heterocycles. The molecule has 2 atom stereocenters. The predicted octanol–water partition coefficient (Wildman–Crippen LogP) is -2.93. The summed E-state index contributed by atoms with van der Waals surface area (Å²) in [5, 5.41) is 5.36. The average Bonchev–Trinajstić information content (AvgIpc) is 1.82. The Bertz CT molecular complexity index is 248. The van der Waals surface area contributed by atoms with Gasteiger partial charge in [0.1, 0.15) is 0 Å². The fourth-order valence-corrected chi connectivity index (χ4v) is 2.74. The summed E-state index contributed by atoms with van der Waals surface area (Å²) in [6, 6.07) is 0. The number of hydrogen-bond acceptors (Lipinski definition) is 6. The molecular weight excluding hydrogens is 279 g/mol. The first-order chi connectivity index (χ1) is 5.56. The molecule has 0 heterocycles. The van der Waals surface area contributed by atoms with Gasteiger partial charge in [-0.3, -0.25) is 0 Å². The molecule has 85 valence electrons. The van der Waals surface area contributed by atoms with E-state index < -0.39 is 33.2 Å². The Morgan fingerprint density at radius 3 is 1.57 bits per heavy atom. The second-order valence-electron chi connectivity index (χ2n) is 2.35. The molecule has 0 amide bonds. The molecule has 0 aromatic rings. The zero-order valence-electron chi connectivity index (χ0n) is 6.74. The van der Waals surface area contributed by atoms with Gasteiger partial charge in [0.05, 0.1) is 0 Å². The maximum Gasteiger partial charge on any atom is 2.00 e. The zero-order valence-corrected chi connectivity index (χ0v) is 9.71. The van der Waals surface area contributed by atoms with Gasteiger partial charge in [-0.2, -0.15) is 0 Å². The number of hydrogen-bond donors (Lipinski definition) is 4. The van der Waals surface area contributed by atoms with Crippen molar-refractivity contribution in [1.82, 2.24) is 0 Å². The van der Waals surface area contributed by atoms with Crippen LogP contribution in [-0.4, -0.2) is 26.5 Å². The van der Waals surface area contributed by atoms with Crippen LogP contribution in [0.15, 0.2) is 0 Å². The normalized spacial score (nSPS) is 23.9. The summed E-state index contributed by atoms with van der Waals surface area (Å²) < 4.78 is 20.9. The molecule has 0 aliphatic rings. The fraction of sp³-hybridized carbons (Fsp3) is 1.00. The minimum absolute atomic E-state index is 0. The van der Waals surface area contributed by atoms with Crippen molar-refractivity contribution in [1.29, 1.82) is 0 Å². The molecule has 0 aromatic heterocycles. The summed E-state index contributed by atoms with van der Waals surface area (Å²) in [6.07, 6.45) is -0.998. The summed E-state index contributed by atoms with van der Waals surface area (Å²) >= 11 is 0. The van der Waals surface area contributed by atoms with Gasteiger partial charge in [0, 0.05) is 6.42 Å². The van der Waals surface area contributed by atoms with E-state index in [0.717, 1.165) is 0 Å². The van der Waals surface area contributed by atoms with Crippen LogP contribution in [0.2, 0.25) is 0 Å². The van der Waals surface area contributed by atoms with Crippen molar-refractivity contribution in [2.24, 2.45) is 5.73 Å². The molecular formula is C3H9MnNO7P2. The van der Waals surface area contributed by atoms with Crippen molar-refractivity contribution in [3.05, 3.63) is 0 Å². The van der Waals surface area contributed by atoms with Gasteiger partial charge in [0.2, 0.25) is 0 Å². The van der Waals surface area contributed by atoms with Crippen LogP contribution in [0.1, 0.15) is 6.42 Å². The molecule has 0 aliphatic heterocycles. The smallest absolute Gasteiger partial charge is 0.776 e. The van der Waals surface area contributed by atoms with Gasteiger partial charge < -0.3 is 39.5 Å². The van der Waals surface area contributed by atoms with Gasteiger partial charge in [-0.15, -0.1) is 0 Å². The molecule has 11 heteroatoms. The molecule has 1 radical (unpaired) electrons. The van der Waals surface area contributed by atoms with Crippen LogP contribution < -0.4 is 15.5 Å². The van der Waals surface area contributed by atoms with Crippen molar-refractivity contribution in [2.45, 2.75) is 11.5 Å². The molecule has 0 bridgehead atoms. The largest absolute Gasteiger partial charge is 2.00 e. The molecule has 0 aromatic carbocycles. The maximum absolute atomic E-state index is 10.4. The molecule has 2 unspecified atom stereocenters.